The second-order valence-electron chi connectivity index (χ2n) is 8.52. The van der Waals surface area contributed by atoms with Gasteiger partial charge in [-0.1, -0.05) is 35.4 Å². The van der Waals surface area contributed by atoms with Crippen LogP contribution in [0.25, 0.3) is 0 Å². The summed E-state index contributed by atoms with van der Waals surface area (Å²) in [6.45, 7) is 5.30. The SMILES string of the molecule is CC(C)(C)OC(=O)N1C(=O)C=CC1C(CC1=CC(=O)CCC1)c1ccc(Cl)cc1. The van der Waals surface area contributed by atoms with E-state index in [0.29, 0.717) is 17.9 Å². The number of ether oxygens (including phenoxy) is 1. The predicted octanol–water partition coefficient (Wildman–Crippen LogP) is 5.20. The van der Waals surface area contributed by atoms with Crippen LogP contribution in [0.5, 0.6) is 0 Å². The van der Waals surface area contributed by atoms with E-state index in [-0.39, 0.29) is 11.7 Å². The molecule has 2 atom stereocenters. The number of carbonyl (C=O) groups excluding carboxylic acids is 3. The summed E-state index contributed by atoms with van der Waals surface area (Å²) in [7, 11) is 0. The molecule has 6 heteroatoms. The number of benzene rings is 1. The van der Waals surface area contributed by atoms with Crippen molar-refractivity contribution in [2.75, 3.05) is 0 Å². The zero-order valence-corrected chi connectivity index (χ0v) is 17.7. The molecular formula is C23H26ClNO4. The van der Waals surface area contributed by atoms with Crippen molar-refractivity contribution in [3.63, 3.8) is 0 Å². The molecule has 2 amide bonds. The topological polar surface area (TPSA) is 63.7 Å². The van der Waals surface area contributed by atoms with Gasteiger partial charge in [0.2, 0.25) is 0 Å². The van der Waals surface area contributed by atoms with Crippen LogP contribution in [0, 0.1) is 0 Å². The fourth-order valence-electron chi connectivity index (χ4n) is 3.78. The maximum atomic E-state index is 12.8. The molecular weight excluding hydrogens is 390 g/mol. The molecule has 0 N–H and O–H groups in total. The van der Waals surface area contributed by atoms with Crippen LogP contribution in [0.1, 0.15) is 57.9 Å². The van der Waals surface area contributed by atoms with E-state index in [4.69, 9.17) is 16.3 Å². The van der Waals surface area contributed by atoms with E-state index < -0.39 is 23.6 Å². The van der Waals surface area contributed by atoms with Crippen molar-refractivity contribution in [1.82, 2.24) is 4.90 Å². The highest BCUT2D eigenvalue weighted by Crippen LogP contribution is 2.36. The number of allylic oxidation sites excluding steroid dienone is 2. The maximum absolute atomic E-state index is 12.8. The van der Waals surface area contributed by atoms with E-state index in [1.54, 1.807) is 45.1 Å². The maximum Gasteiger partial charge on any atom is 0.417 e. The number of halogens is 1. The Morgan fingerprint density at radius 2 is 1.90 bits per heavy atom. The Morgan fingerprint density at radius 1 is 1.21 bits per heavy atom. The molecule has 0 saturated carbocycles. The van der Waals surface area contributed by atoms with Gasteiger partial charge in [0.15, 0.2) is 5.78 Å². The first-order valence-corrected chi connectivity index (χ1v) is 10.2. The third-order valence-electron chi connectivity index (χ3n) is 5.04. The molecule has 5 nitrogen and oxygen atoms in total. The molecule has 0 fully saturated rings. The molecule has 0 aromatic heterocycles. The lowest BCUT2D eigenvalue weighted by Crippen LogP contribution is -2.45. The minimum Gasteiger partial charge on any atom is -0.443 e. The van der Waals surface area contributed by atoms with Gasteiger partial charge < -0.3 is 4.74 Å². The molecule has 0 bridgehead atoms. The largest absolute Gasteiger partial charge is 0.443 e. The Labute approximate surface area is 176 Å². The van der Waals surface area contributed by atoms with Gasteiger partial charge in [-0.2, -0.15) is 0 Å². The third-order valence-corrected chi connectivity index (χ3v) is 5.29. The predicted molar refractivity (Wildman–Crippen MR) is 112 cm³/mol. The fourth-order valence-corrected chi connectivity index (χ4v) is 3.91. The van der Waals surface area contributed by atoms with Crippen molar-refractivity contribution in [3.05, 3.63) is 58.7 Å². The molecule has 154 valence electrons. The summed E-state index contributed by atoms with van der Waals surface area (Å²) in [6, 6.07) is 6.91. The zero-order chi connectivity index (χ0) is 21.2. The van der Waals surface area contributed by atoms with Crippen molar-refractivity contribution < 1.29 is 19.1 Å². The van der Waals surface area contributed by atoms with Gasteiger partial charge in [0.25, 0.3) is 5.91 Å². The normalized spacial score (nSPS) is 20.6. The standard InChI is InChI=1S/C23H26ClNO4/c1-23(2,3)29-22(28)25-20(11-12-21(25)27)19(16-7-9-17(24)10-8-16)14-15-5-4-6-18(26)13-15/h7-13,19-20H,4-6,14H2,1-3H3. The first kappa shape index (κ1) is 21.3. The van der Waals surface area contributed by atoms with Crippen LogP contribution in [-0.4, -0.2) is 34.3 Å². The first-order valence-electron chi connectivity index (χ1n) is 9.86. The summed E-state index contributed by atoms with van der Waals surface area (Å²) < 4.78 is 5.47. The monoisotopic (exact) mass is 415 g/mol. The number of nitrogens with zero attached hydrogens (tertiary/aromatic N) is 1. The summed E-state index contributed by atoms with van der Waals surface area (Å²) in [4.78, 5) is 38.3. The third kappa shape index (κ3) is 5.36. The van der Waals surface area contributed by atoms with E-state index >= 15 is 0 Å². The van der Waals surface area contributed by atoms with Crippen molar-refractivity contribution in [2.24, 2.45) is 0 Å². The highest BCUT2D eigenvalue weighted by Gasteiger charge is 2.40. The number of rotatable bonds is 4. The van der Waals surface area contributed by atoms with Crippen molar-refractivity contribution in [1.29, 1.82) is 0 Å². The molecule has 1 aromatic carbocycles. The Balaban J connectivity index is 1.94. The van der Waals surface area contributed by atoms with Crippen LogP contribution in [0.4, 0.5) is 4.79 Å². The van der Waals surface area contributed by atoms with Crippen molar-refractivity contribution in [3.8, 4) is 0 Å². The molecule has 2 unspecified atom stereocenters. The van der Waals surface area contributed by atoms with Crippen molar-refractivity contribution >= 4 is 29.4 Å². The molecule has 0 radical (unpaired) electrons. The van der Waals surface area contributed by atoms with E-state index in [1.165, 1.54) is 11.0 Å². The molecule has 3 rings (SSSR count). The Bertz CT molecular complexity index is 864. The van der Waals surface area contributed by atoms with Gasteiger partial charge in [-0.05, 0) is 63.8 Å². The zero-order valence-electron chi connectivity index (χ0n) is 17.0. The van der Waals surface area contributed by atoms with Gasteiger partial charge in [0.1, 0.15) is 5.60 Å². The fraction of sp³-hybridized carbons (Fsp3) is 0.435. The lowest BCUT2D eigenvalue weighted by molar-refractivity contribution is -0.125. The Hall–Kier alpha value is -2.40. The number of hydrogen-bond acceptors (Lipinski definition) is 4. The van der Waals surface area contributed by atoms with E-state index in [2.05, 4.69) is 0 Å². The summed E-state index contributed by atoms with van der Waals surface area (Å²) in [5.74, 6) is -0.459. The molecule has 1 aromatic rings. The number of imide groups is 1. The van der Waals surface area contributed by atoms with Crippen LogP contribution < -0.4 is 0 Å². The first-order chi connectivity index (χ1) is 13.6. The molecule has 29 heavy (non-hydrogen) atoms. The van der Waals surface area contributed by atoms with Crippen LogP contribution in [0.2, 0.25) is 5.02 Å². The minimum absolute atomic E-state index is 0.128. The van der Waals surface area contributed by atoms with Crippen LogP contribution >= 0.6 is 11.6 Å². The van der Waals surface area contributed by atoms with Crippen LogP contribution in [0.3, 0.4) is 0 Å². The van der Waals surface area contributed by atoms with Gasteiger partial charge in [-0.25, -0.2) is 9.69 Å². The second kappa shape index (κ2) is 8.54. The molecule has 0 spiro atoms. The molecule has 1 aliphatic carbocycles. The molecule has 2 aliphatic rings. The number of amides is 2. The summed E-state index contributed by atoms with van der Waals surface area (Å²) in [5.41, 5.74) is 1.28. The van der Waals surface area contributed by atoms with E-state index in [1.807, 2.05) is 12.1 Å². The number of carbonyl (C=O) groups is 3. The highest BCUT2D eigenvalue weighted by molar-refractivity contribution is 6.30. The van der Waals surface area contributed by atoms with Crippen molar-refractivity contribution in [2.45, 2.75) is 64.0 Å². The molecule has 1 aliphatic heterocycles. The number of ketones is 1. The Morgan fingerprint density at radius 3 is 2.52 bits per heavy atom. The van der Waals surface area contributed by atoms with Gasteiger partial charge in [0.05, 0.1) is 6.04 Å². The average molecular weight is 416 g/mol. The van der Waals surface area contributed by atoms with Gasteiger partial charge >= 0.3 is 6.09 Å². The summed E-state index contributed by atoms with van der Waals surface area (Å²) >= 11 is 6.05. The van der Waals surface area contributed by atoms with E-state index in [0.717, 1.165) is 24.0 Å². The summed E-state index contributed by atoms with van der Waals surface area (Å²) in [6.07, 6.45) is 7.03. The average Bonchev–Trinajstić information content (AvgIpc) is 3.01. The lowest BCUT2D eigenvalue weighted by Gasteiger charge is -2.33. The highest BCUT2D eigenvalue weighted by atomic mass is 35.5. The second-order valence-corrected chi connectivity index (χ2v) is 8.96. The molecule has 0 saturated heterocycles. The summed E-state index contributed by atoms with van der Waals surface area (Å²) in [5, 5.41) is 0.613. The number of hydrogen-bond donors (Lipinski definition) is 0. The quantitative estimate of drug-likeness (QED) is 0.678. The Kier molecular flexibility index (Phi) is 6.27. The van der Waals surface area contributed by atoms with Gasteiger partial charge in [-0.3, -0.25) is 9.59 Å². The molecule has 1 heterocycles. The van der Waals surface area contributed by atoms with Gasteiger partial charge in [0, 0.05) is 23.4 Å². The lowest BCUT2D eigenvalue weighted by atomic mass is 9.82. The van der Waals surface area contributed by atoms with Gasteiger partial charge in [-0.15, -0.1) is 0 Å². The smallest absolute Gasteiger partial charge is 0.417 e. The van der Waals surface area contributed by atoms with Crippen LogP contribution in [-0.2, 0) is 14.3 Å². The van der Waals surface area contributed by atoms with Crippen LogP contribution in [0.15, 0.2) is 48.1 Å². The van der Waals surface area contributed by atoms with E-state index in [9.17, 15) is 14.4 Å². The minimum atomic E-state index is -0.710.